The molecule has 0 saturated heterocycles. The second-order valence-corrected chi connectivity index (χ2v) is 13.6. The fourth-order valence-corrected chi connectivity index (χ4v) is 8.49. The van der Waals surface area contributed by atoms with Gasteiger partial charge in [0.2, 0.25) is 0 Å². The smallest absolute Gasteiger partial charge is 0.159 e. The number of nitrogens with zero attached hydrogens (tertiary/aromatic N) is 1. The number of benzene rings is 8. The van der Waals surface area contributed by atoms with E-state index in [1.54, 1.807) is 0 Å². The minimum absolute atomic E-state index is 0.875. The third kappa shape index (κ3) is 4.55. The van der Waals surface area contributed by atoms with Crippen molar-refractivity contribution in [3.8, 4) is 22.3 Å². The number of para-hydroxylation sites is 1. The first-order valence-corrected chi connectivity index (χ1v) is 17.4. The van der Waals surface area contributed by atoms with Crippen LogP contribution >= 0.6 is 11.3 Å². The number of rotatable bonds is 5. The van der Waals surface area contributed by atoms with E-state index in [9.17, 15) is 0 Å². The molecule has 0 amide bonds. The van der Waals surface area contributed by atoms with Gasteiger partial charge in [0.15, 0.2) is 5.58 Å². The highest BCUT2D eigenvalue weighted by molar-refractivity contribution is 7.25. The highest BCUT2D eigenvalue weighted by Gasteiger charge is 2.21. The van der Waals surface area contributed by atoms with Crippen LogP contribution in [0.25, 0.3) is 75.1 Å². The molecule has 230 valence electrons. The molecule has 0 spiro atoms. The Morgan fingerprint density at radius 1 is 0.388 bits per heavy atom. The first-order chi connectivity index (χ1) is 24.3. The van der Waals surface area contributed by atoms with Gasteiger partial charge in [0, 0.05) is 47.7 Å². The Hall–Kier alpha value is -6.16. The van der Waals surface area contributed by atoms with Crippen LogP contribution in [-0.4, -0.2) is 0 Å². The van der Waals surface area contributed by atoms with Crippen molar-refractivity contribution in [3.63, 3.8) is 0 Å². The molecular formula is C46H29NOS. The predicted molar refractivity (Wildman–Crippen MR) is 210 cm³/mol. The van der Waals surface area contributed by atoms with Crippen molar-refractivity contribution in [3.05, 3.63) is 176 Å². The Labute approximate surface area is 287 Å². The van der Waals surface area contributed by atoms with E-state index >= 15 is 0 Å². The molecule has 0 radical (unpaired) electrons. The fraction of sp³-hybridized carbons (Fsp3) is 0. The fourth-order valence-electron chi connectivity index (χ4n) is 7.35. The van der Waals surface area contributed by atoms with E-state index in [2.05, 4.69) is 181 Å². The van der Waals surface area contributed by atoms with Gasteiger partial charge in [-0.05, 0) is 76.2 Å². The highest BCUT2D eigenvalue weighted by atomic mass is 32.1. The van der Waals surface area contributed by atoms with Crippen LogP contribution < -0.4 is 4.90 Å². The van der Waals surface area contributed by atoms with E-state index in [1.165, 1.54) is 47.8 Å². The van der Waals surface area contributed by atoms with Crippen molar-refractivity contribution in [1.82, 2.24) is 0 Å². The minimum atomic E-state index is 0.875. The summed E-state index contributed by atoms with van der Waals surface area (Å²) in [6.45, 7) is 0. The summed E-state index contributed by atoms with van der Waals surface area (Å²) in [5.74, 6) is 0. The van der Waals surface area contributed by atoms with Crippen LogP contribution in [0.1, 0.15) is 0 Å². The lowest BCUT2D eigenvalue weighted by Crippen LogP contribution is -2.10. The van der Waals surface area contributed by atoms with Crippen LogP contribution in [0, 0.1) is 0 Å². The van der Waals surface area contributed by atoms with Crippen molar-refractivity contribution >= 4 is 81.3 Å². The van der Waals surface area contributed by atoms with E-state index < -0.39 is 0 Å². The summed E-state index contributed by atoms with van der Waals surface area (Å²) in [5, 5.41) is 7.17. The maximum atomic E-state index is 6.85. The lowest BCUT2D eigenvalue weighted by atomic mass is 9.99. The topological polar surface area (TPSA) is 16.4 Å². The Morgan fingerprint density at radius 2 is 1.00 bits per heavy atom. The standard InChI is InChI=1S/C46H29NOS/c1-2-10-30(11-3-1)31-20-25-34(26-21-31)47(41-17-8-16-38-39-29-24-32-12-4-5-13-37(32)45(39)48-46(38)41)35-27-22-33(23-28-35)36-15-9-19-43-44(36)40-14-6-7-18-42(40)49-43/h1-29H. The molecule has 0 aliphatic rings. The van der Waals surface area contributed by atoms with Gasteiger partial charge in [0.1, 0.15) is 5.58 Å². The molecule has 10 rings (SSSR count). The van der Waals surface area contributed by atoms with Crippen LogP contribution in [-0.2, 0) is 0 Å². The molecule has 0 unspecified atom stereocenters. The quantitative estimate of drug-likeness (QED) is 0.186. The third-order valence-electron chi connectivity index (χ3n) is 9.68. The summed E-state index contributed by atoms with van der Waals surface area (Å²) in [6, 6.07) is 63.1. The van der Waals surface area contributed by atoms with E-state index in [0.29, 0.717) is 0 Å². The SMILES string of the molecule is c1ccc(-c2ccc(N(c3ccc(-c4cccc5sc6ccccc6c45)cc3)c3cccc4c3oc3c5ccccc5ccc43)cc2)cc1. The molecule has 0 bridgehead atoms. The second-order valence-electron chi connectivity index (χ2n) is 12.5. The van der Waals surface area contributed by atoms with Gasteiger partial charge in [-0.25, -0.2) is 0 Å². The van der Waals surface area contributed by atoms with Crippen LogP contribution in [0.3, 0.4) is 0 Å². The average Bonchev–Trinajstić information content (AvgIpc) is 3.75. The van der Waals surface area contributed by atoms with Crippen LogP contribution in [0.5, 0.6) is 0 Å². The summed E-state index contributed by atoms with van der Waals surface area (Å²) in [4.78, 5) is 2.33. The molecule has 0 saturated carbocycles. The Bertz CT molecular complexity index is 2810. The van der Waals surface area contributed by atoms with Crippen LogP contribution in [0.15, 0.2) is 180 Å². The minimum Gasteiger partial charge on any atom is -0.453 e. The molecule has 0 fully saturated rings. The maximum Gasteiger partial charge on any atom is 0.159 e. The van der Waals surface area contributed by atoms with E-state index in [4.69, 9.17) is 4.42 Å². The molecule has 10 aromatic rings. The van der Waals surface area contributed by atoms with Crippen molar-refractivity contribution in [2.45, 2.75) is 0 Å². The molecule has 0 atom stereocenters. The number of anilines is 3. The van der Waals surface area contributed by atoms with E-state index in [1.807, 2.05) is 11.3 Å². The third-order valence-corrected chi connectivity index (χ3v) is 10.8. The van der Waals surface area contributed by atoms with Gasteiger partial charge >= 0.3 is 0 Å². The summed E-state index contributed by atoms with van der Waals surface area (Å²) in [5.41, 5.74) is 9.77. The number of hydrogen-bond donors (Lipinski definition) is 0. The summed E-state index contributed by atoms with van der Waals surface area (Å²) in [6.07, 6.45) is 0. The molecule has 8 aromatic carbocycles. The summed E-state index contributed by atoms with van der Waals surface area (Å²) >= 11 is 1.86. The zero-order valence-electron chi connectivity index (χ0n) is 26.5. The number of fused-ring (bicyclic) bond motifs is 8. The molecule has 0 aliphatic carbocycles. The van der Waals surface area contributed by atoms with Crippen molar-refractivity contribution in [2.75, 3.05) is 4.90 Å². The normalized spacial score (nSPS) is 11.7. The van der Waals surface area contributed by atoms with Gasteiger partial charge in [0.05, 0.1) is 5.69 Å². The Morgan fingerprint density at radius 3 is 1.82 bits per heavy atom. The lowest BCUT2D eigenvalue weighted by molar-refractivity contribution is 0.673. The summed E-state index contributed by atoms with van der Waals surface area (Å²) < 4.78 is 9.48. The van der Waals surface area contributed by atoms with Crippen molar-refractivity contribution < 1.29 is 4.42 Å². The monoisotopic (exact) mass is 643 g/mol. The molecule has 49 heavy (non-hydrogen) atoms. The molecule has 3 heteroatoms. The van der Waals surface area contributed by atoms with E-state index in [0.717, 1.165) is 44.4 Å². The molecule has 0 aliphatic heterocycles. The van der Waals surface area contributed by atoms with Crippen molar-refractivity contribution in [1.29, 1.82) is 0 Å². The van der Waals surface area contributed by atoms with Crippen molar-refractivity contribution in [2.24, 2.45) is 0 Å². The molecule has 2 heterocycles. The van der Waals surface area contributed by atoms with Gasteiger partial charge < -0.3 is 9.32 Å². The number of furan rings is 1. The number of hydrogen-bond acceptors (Lipinski definition) is 3. The Balaban J connectivity index is 1.15. The van der Waals surface area contributed by atoms with Gasteiger partial charge in [0.25, 0.3) is 0 Å². The first kappa shape index (κ1) is 27.9. The molecular weight excluding hydrogens is 615 g/mol. The molecule has 2 aromatic heterocycles. The second kappa shape index (κ2) is 11.2. The van der Waals surface area contributed by atoms with E-state index in [-0.39, 0.29) is 0 Å². The van der Waals surface area contributed by atoms with Crippen LogP contribution in [0.4, 0.5) is 17.1 Å². The van der Waals surface area contributed by atoms with Gasteiger partial charge in [-0.15, -0.1) is 11.3 Å². The lowest BCUT2D eigenvalue weighted by Gasteiger charge is -2.26. The Kier molecular flexibility index (Phi) is 6.39. The average molecular weight is 644 g/mol. The largest absolute Gasteiger partial charge is 0.453 e. The summed E-state index contributed by atoms with van der Waals surface area (Å²) in [7, 11) is 0. The number of thiophene rings is 1. The molecule has 2 nitrogen and oxygen atoms in total. The molecule has 0 N–H and O–H groups in total. The maximum absolute atomic E-state index is 6.85. The van der Waals surface area contributed by atoms with Gasteiger partial charge in [-0.2, -0.15) is 0 Å². The zero-order chi connectivity index (χ0) is 32.3. The highest BCUT2D eigenvalue weighted by Crippen LogP contribution is 2.45. The van der Waals surface area contributed by atoms with Gasteiger partial charge in [-0.1, -0.05) is 127 Å². The van der Waals surface area contributed by atoms with Crippen LogP contribution in [0.2, 0.25) is 0 Å². The zero-order valence-corrected chi connectivity index (χ0v) is 27.3. The predicted octanol–water partition coefficient (Wildman–Crippen LogP) is 13.9. The first-order valence-electron chi connectivity index (χ1n) is 16.6. The van der Waals surface area contributed by atoms with Gasteiger partial charge in [-0.3, -0.25) is 0 Å².